The van der Waals surface area contributed by atoms with Gasteiger partial charge in [0, 0.05) is 41.7 Å². The van der Waals surface area contributed by atoms with Gasteiger partial charge in [0.05, 0.1) is 47.9 Å². The van der Waals surface area contributed by atoms with E-state index in [1.807, 2.05) is 6.07 Å². The molecule has 1 aliphatic heterocycles. The number of esters is 1. The minimum absolute atomic E-state index is 0.0126. The number of benzene rings is 1. The Bertz CT molecular complexity index is 1570. The average Bonchev–Trinajstić information content (AvgIpc) is 2.95. The molecule has 1 unspecified atom stereocenters. The molecule has 2 aliphatic rings. The van der Waals surface area contributed by atoms with Crippen molar-refractivity contribution < 1.29 is 32.3 Å². The Kier molecular flexibility index (Phi) is 8.13. The highest BCUT2D eigenvalue weighted by atomic mass is 35.5. The molecular formula is C29H23ClF3N5O4. The Morgan fingerprint density at radius 2 is 1.95 bits per heavy atom. The van der Waals surface area contributed by atoms with Crippen LogP contribution >= 0.6 is 11.6 Å². The fraction of sp³-hybridized carbons (Fsp3) is 0.310. The number of nitriles is 1. The van der Waals surface area contributed by atoms with Crippen LogP contribution in [0.4, 0.5) is 18.9 Å². The van der Waals surface area contributed by atoms with Crippen molar-refractivity contribution in [2.24, 2.45) is 5.92 Å². The second-order valence-electron chi connectivity index (χ2n) is 10.1. The highest BCUT2D eigenvalue weighted by Gasteiger charge is 2.49. The third-order valence-corrected chi connectivity index (χ3v) is 7.57. The van der Waals surface area contributed by atoms with Crippen LogP contribution in [0, 0.1) is 23.1 Å². The SMILES string of the molecule is N#Cc1ccnc(C2C(=O)OCC[C@H]2C(=O)N(c2cncc(F)c2)[C@H](C(=O)NC2CC(F)(F)C2)c2ccccc2Cl)c1. The predicted octanol–water partition coefficient (Wildman–Crippen LogP) is 4.48. The highest BCUT2D eigenvalue weighted by Crippen LogP contribution is 2.41. The second kappa shape index (κ2) is 11.8. The molecular weight excluding hydrogens is 575 g/mol. The van der Waals surface area contributed by atoms with E-state index >= 15 is 0 Å². The van der Waals surface area contributed by atoms with E-state index in [9.17, 15) is 32.8 Å². The summed E-state index contributed by atoms with van der Waals surface area (Å²) in [7, 11) is 0. The Labute approximate surface area is 243 Å². The van der Waals surface area contributed by atoms with Crippen LogP contribution < -0.4 is 10.2 Å². The van der Waals surface area contributed by atoms with Crippen LogP contribution in [0.25, 0.3) is 0 Å². The zero-order chi connectivity index (χ0) is 30.0. The van der Waals surface area contributed by atoms with Crippen molar-refractivity contribution >= 4 is 35.1 Å². The van der Waals surface area contributed by atoms with Crippen LogP contribution in [0.3, 0.4) is 0 Å². The third-order valence-electron chi connectivity index (χ3n) is 7.22. The topological polar surface area (TPSA) is 125 Å². The molecule has 1 saturated heterocycles. The van der Waals surface area contributed by atoms with E-state index in [1.165, 1.54) is 36.7 Å². The largest absolute Gasteiger partial charge is 0.465 e. The summed E-state index contributed by atoms with van der Waals surface area (Å²) in [6, 6.07) is 9.47. The zero-order valence-electron chi connectivity index (χ0n) is 21.8. The summed E-state index contributed by atoms with van der Waals surface area (Å²) in [6.45, 7) is -0.126. The first-order valence-corrected chi connectivity index (χ1v) is 13.3. The molecule has 0 bridgehead atoms. The summed E-state index contributed by atoms with van der Waals surface area (Å²) in [5.41, 5.74) is 0.307. The van der Waals surface area contributed by atoms with Gasteiger partial charge < -0.3 is 10.1 Å². The third kappa shape index (κ3) is 5.92. The normalized spacial score (nSPS) is 20.4. The Morgan fingerprint density at radius 1 is 1.19 bits per heavy atom. The molecule has 3 heterocycles. The minimum Gasteiger partial charge on any atom is -0.465 e. The number of amides is 2. The standard InChI is InChI=1S/C29H23ClF3N5O4/c30-22-4-2-1-3-20(22)25(26(39)37-18-11-29(32,33)12-18)38(19-10-17(31)14-35-15-19)27(40)21-6-8-42-28(41)24(21)23-9-16(13-34)5-7-36-23/h1-5,7,9-10,14-15,18,21,24-25H,6,8,11-12H2,(H,37,39)/t21-,24?,25+/m1/s1. The summed E-state index contributed by atoms with van der Waals surface area (Å²) >= 11 is 6.48. The number of aromatic nitrogens is 2. The Hall–Kier alpha value is -4.50. The molecule has 1 N–H and O–H groups in total. The van der Waals surface area contributed by atoms with Gasteiger partial charge in [0.1, 0.15) is 17.8 Å². The average molecular weight is 598 g/mol. The van der Waals surface area contributed by atoms with Crippen LogP contribution in [0.1, 0.15) is 48.0 Å². The maximum Gasteiger partial charge on any atom is 0.315 e. The first kappa shape index (κ1) is 29.0. The molecule has 3 atom stereocenters. The molecule has 2 fully saturated rings. The van der Waals surface area contributed by atoms with E-state index in [0.717, 1.165) is 17.2 Å². The van der Waals surface area contributed by atoms with Gasteiger partial charge in [-0.15, -0.1) is 0 Å². The van der Waals surface area contributed by atoms with Crippen molar-refractivity contribution in [1.29, 1.82) is 5.26 Å². The molecule has 2 amide bonds. The molecule has 13 heteroatoms. The number of ether oxygens (including phenoxy) is 1. The number of anilines is 1. The first-order chi connectivity index (χ1) is 20.1. The fourth-order valence-corrected chi connectivity index (χ4v) is 5.48. The van der Waals surface area contributed by atoms with Gasteiger partial charge in [-0.3, -0.25) is 29.3 Å². The number of halogens is 4. The van der Waals surface area contributed by atoms with Crippen molar-refractivity contribution in [3.05, 3.63) is 88.7 Å². The van der Waals surface area contributed by atoms with Gasteiger partial charge in [-0.1, -0.05) is 29.8 Å². The van der Waals surface area contributed by atoms with E-state index in [2.05, 4.69) is 15.3 Å². The Morgan fingerprint density at radius 3 is 2.64 bits per heavy atom. The molecule has 1 aliphatic carbocycles. The number of alkyl halides is 2. The fourth-order valence-electron chi connectivity index (χ4n) is 5.24. The summed E-state index contributed by atoms with van der Waals surface area (Å²) in [5.74, 6) is -8.56. The molecule has 1 aromatic carbocycles. The van der Waals surface area contributed by atoms with Gasteiger partial charge in [0.2, 0.25) is 11.8 Å². The number of carbonyl (C=O) groups is 3. The van der Waals surface area contributed by atoms with Crippen molar-refractivity contribution in [3.63, 3.8) is 0 Å². The second-order valence-corrected chi connectivity index (χ2v) is 10.5. The molecule has 0 radical (unpaired) electrons. The number of cyclic esters (lactones) is 1. The summed E-state index contributed by atoms with van der Waals surface area (Å²) in [4.78, 5) is 50.4. The predicted molar refractivity (Wildman–Crippen MR) is 143 cm³/mol. The molecule has 2 aromatic heterocycles. The summed E-state index contributed by atoms with van der Waals surface area (Å²) < 4.78 is 46.9. The van der Waals surface area contributed by atoms with Crippen LogP contribution in [-0.4, -0.2) is 46.3 Å². The number of rotatable bonds is 7. The van der Waals surface area contributed by atoms with Crippen LogP contribution in [-0.2, 0) is 19.1 Å². The lowest BCUT2D eigenvalue weighted by Crippen LogP contribution is -2.55. The molecule has 42 heavy (non-hydrogen) atoms. The van der Waals surface area contributed by atoms with Gasteiger partial charge in [0.25, 0.3) is 5.92 Å². The highest BCUT2D eigenvalue weighted by molar-refractivity contribution is 6.31. The lowest BCUT2D eigenvalue weighted by molar-refractivity contribution is -0.155. The zero-order valence-corrected chi connectivity index (χ0v) is 22.6. The van der Waals surface area contributed by atoms with E-state index in [1.54, 1.807) is 12.1 Å². The lowest BCUT2D eigenvalue weighted by atomic mass is 9.82. The number of nitrogens with zero attached hydrogens (tertiary/aromatic N) is 4. The van der Waals surface area contributed by atoms with Gasteiger partial charge in [0.15, 0.2) is 0 Å². The van der Waals surface area contributed by atoms with Gasteiger partial charge in [-0.2, -0.15) is 5.26 Å². The maximum atomic E-state index is 14.5. The van der Waals surface area contributed by atoms with Crippen LogP contribution in [0.5, 0.6) is 0 Å². The van der Waals surface area contributed by atoms with Crippen molar-refractivity contribution in [1.82, 2.24) is 15.3 Å². The lowest BCUT2D eigenvalue weighted by Gasteiger charge is -2.40. The Balaban J connectivity index is 1.62. The van der Waals surface area contributed by atoms with Crippen molar-refractivity contribution in [3.8, 4) is 6.07 Å². The first-order valence-electron chi connectivity index (χ1n) is 13.0. The van der Waals surface area contributed by atoms with Gasteiger partial charge >= 0.3 is 5.97 Å². The molecule has 216 valence electrons. The minimum atomic E-state index is -2.93. The van der Waals surface area contributed by atoms with E-state index in [0.29, 0.717) is 0 Å². The van der Waals surface area contributed by atoms with Gasteiger partial charge in [-0.25, -0.2) is 13.2 Å². The monoisotopic (exact) mass is 597 g/mol. The van der Waals surface area contributed by atoms with Crippen LogP contribution in [0.2, 0.25) is 5.02 Å². The van der Waals surface area contributed by atoms with Crippen molar-refractivity contribution in [2.45, 2.75) is 43.2 Å². The number of hydrogen-bond acceptors (Lipinski definition) is 7. The number of pyridine rings is 2. The number of nitrogens with one attached hydrogen (secondary N) is 1. The maximum absolute atomic E-state index is 14.5. The van der Waals surface area contributed by atoms with E-state index in [4.69, 9.17) is 16.3 Å². The molecule has 1 saturated carbocycles. The number of hydrogen-bond donors (Lipinski definition) is 1. The van der Waals surface area contributed by atoms with E-state index in [-0.39, 0.29) is 40.6 Å². The summed E-state index contributed by atoms with van der Waals surface area (Å²) in [5, 5.41) is 12.0. The smallest absolute Gasteiger partial charge is 0.315 e. The quantitative estimate of drug-likeness (QED) is 0.398. The van der Waals surface area contributed by atoms with Crippen LogP contribution in [0.15, 0.2) is 61.1 Å². The van der Waals surface area contributed by atoms with E-state index < -0.39 is 66.3 Å². The molecule has 3 aromatic rings. The van der Waals surface area contributed by atoms with Crippen molar-refractivity contribution in [2.75, 3.05) is 11.5 Å². The van der Waals surface area contributed by atoms with Gasteiger partial charge in [-0.05, 0) is 24.6 Å². The molecule has 0 spiro atoms. The number of carbonyl (C=O) groups excluding carboxylic acids is 3. The summed E-state index contributed by atoms with van der Waals surface area (Å²) in [6.07, 6.45) is 2.24. The molecule has 9 nitrogen and oxygen atoms in total. The molecule has 5 rings (SSSR count).